The van der Waals surface area contributed by atoms with Gasteiger partial charge < -0.3 is 4.90 Å². The summed E-state index contributed by atoms with van der Waals surface area (Å²) in [5.74, 6) is 0.681. The lowest BCUT2D eigenvalue weighted by atomic mass is 9.85. The minimum absolute atomic E-state index is 0.00330. The van der Waals surface area contributed by atoms with E-state index in [1.165, 1.54) is 19.3 Å². The summed E-state index contributed by atoms with van der Waals surface area (Å²) in [6, 6.07) is 3.69. The molecule has 0 radical (unpaired) electrons. The van der Waals surface area contributed by atoms with Crippen LogP contribution in [0.1, 0.15) is 42.5 Å². The number of aromatic nitrogens is 1. The van der Waals surface area contributed by atoms with Crippen molar-refractivity contribution in [2.45, 2.75) is 38.1 Å². The van der Waals surface area contributed by atoms with E-state index < -0.39 is 0 Å². The molecule has 102 valence electrons. The number of amides is 1. The van der Waals surface area contributed by atoms with Gasteiger partial charge in [-0.05, 0) is 37.3 Å². The van der Waals surface area contributed by atoms with E-state index in [9.17, 15) is 4.79 Å². The largest absolute Gasteiger partial charge is 0.335 e. The molecule has 1 aromatic rings. The average molecular weight is 299 g/mol. The van der Waals surface area contributed by atoms with Crippen LogP contribution in [0, 0.1) is 5.92 Å². The Labute approximate surface area is 122 Å². The second-order valence-electron chi connectivity index (χ2n) is 5.37. The van der Waals surface area contributed by atoms with Crippen molar-refractivity contribution in [3.63, 3.8) is 0 Å². The molecule has 2 atom stereocenters. The van der Waals surface area contributed by atoms with Crippen LogP contribution in [0.4, 0.5) is 0 Å². The van der Waals surface area contributed by atoms with Crippen LogP contribution in [-0.2, 0) is 0 Å². The minimum atomic E-state index is 0.00330. The second-order valence-corrected chi connectivity index (χ2v) is 6.12. The molecule has 0 bridgehead atoms. The molecule has 0 aromatic carbocycles. The normalized spacial score (nSPS) is 26.3. The Morgan fingerprint density at radius 1 is 1.21 bits per heavy atom. The Hall–Kier alpha value is -0.800. The monoisotopic (exact) mass is 298 g/mol. The first-order chi connectivity index (χ1) is 9.16. The number of carbonyl (C=O) groups excluding carboxylic acids is 1. The molecule has 3 nitrogen and oxygen atoms in total. The lowest BCUT2D eigenvalue weighted by Crippen LogP contribution is -2.39. The third-order valence-corrected chi connectivity index (χ3v) is 4.81. The lowest BCUT2D eigenvalue weighted by molar-refractivity contribution is 0.0690. The van der Waals surface area contributed by atoms with Crippen LogP contribution in [0.2, 0.25) is 10.3 Å². The van der Waals surface area contributed by atoms with Gasteiger partial charge in [0.15, 0.2) is 0 Å². The predicted molar refractivity (Wildman–Crippen MR) is 75.7 cm³/mol. The van der Waals surface area contributed by atoms with Gasteiger partial charge in [-0.15, -0.1) is 0 Å². The summed E-state index contributed by atoms with van der Waals surface area (Å²) in [6.07, 6.45) is 6.01. The predicted octanol–water partition coefficient (Wildman–Crippen LogP) is 3.79. The molecule has 0 N–H and O–H groups in total. The Morgan fingerprint density at radius 2 is 2.00 bits per heavy atom. The highest BCUT2D eigenvalue weighted by Crippen LogP contribution is 2.37. The fraction of sp³-hybridized carbons (Fsp3) is 0.571. The van der Waals surface area contributed by atoms with Gasteiger partial charge in [0, 0.05) is 12.6 Å². The number of fused-ring (bicyclic) bond motifs is 1. The molecule has 0 spiro atoms. The van der Waals surface area contributed by atoms with E-state index in [4.69, 9.17) is 23.2 Å². The number of nitrogens with zero attached hydrogens (tertiary/aromatic N) is 2. The zero-order valence-corrected chi connectivity index (χ0v) is 12.1. The maximum absolute atomic E-state index is 12.6. The first-order valence-electron chi connectivity index (χ1n) is 6.80. The van der Waals surface area contributed by atoms with Crippen LogP contribution in [0.15, 0.2) is 12.1 Å². The molecule has 2 fully saturated rings. The van der Waals surface area contributed by atoms with Crippen molar-refractivity contribution in [3.8, 4) is 0 Å². The van der Waals surface area contributed by atoms with E-state index in [0.717, 1.165) is 19.4 Å². The summed E-state index contributed by atoms with van der Waals surface area (Å²) in [7, 11) is 0. The van der Waals surface area contributed by atoms with E-state index >= 15 is 0 Å². The molecule has 3 rings (SSSR count). The molecule has 1 saturated carbocycles. The van der Waals surface area contributed by atoms with Gasteiger partial charge in [-0.3, -0.25) is 4.79 Å². The lowest BCUT2D eigenvalue weighted by Gasteiger charge is -2.31. The molecular formula is C14H16Cl2N2O. The maximum atomic E-state index is 12.6. The van der Waals surface area contributed by atoms with Gasteiger partial charge in [0.1, 0.15) is 10.3 Å². The smallest absolute Gasteiger partial charge is 0.257 e. The summed E-state index contributed by atoms with van der Waals surface area (Å²) in [5, 5.41) is 0.523. The molecule has 2 heterocycles. The number of likely N-dealkylation sites (tertiary alicyclic amines) is 1. The van der Waals surface area contributed by atoms with Crippen molar-refractivity contribution in [1.82, 2.24) is 9.88 Å². The SMILES string of the molecule is O=C(c1ccc(Cl)nc1Cl)N1CCC2CCCCC21. The van der Waals surface area contributed by atoms with Gasteiger partial charge in [0.05, 0.1) is 5.56 Å². The zero-order valence-electron chi connectivity index (χ0n) is 10.6. The summed E-state index contributed by atoms with van der Waals surface area (Å²) >= 11 is 11.8. The quantitative estimate of drug-likeness (QED) is 0.739. The molecule has 5 heteroatoms. The Bertz CT molecular complexity index is 506. The van der Waals surface area contributed by atoms with E-state index in [1.54, 1.807) is 12.1 Å². The van der Waals surface area contributed by atoms with Crippen molar-refractivity contribution in [2.75, 3.05) is 6.54 Å². The average Bonchev–Trinajstić information content (AvgIpc) is 2.82. The number of halogens is 2. The molecule has 19 heavy (non-hydrogen) atoms. The van der Waals surface area contributed by atoms with E-state index in [1.807, 2.05) is 4.90 Å². The zero-order chi connectivity index (χ0) is 13.4. The highest BCUT2D eigenvalue weighted by Gasteiger charge is 2.38. The molecule has 2 aliphatic rings. The van der Waals surface area contributed by atoms with Crippen molar-refractivity contribution >= 4 is 29.1 Å². The minimum Gasteiger partial charge on any atom is -0.335 e. The highest BCUT2D eigenvalue weighted by molar-refractivity contribution is 6.34. The van der Waals surface area contributed by atoms with Crippen LogP contribution in [0.25, 0.3) is 0 Å². The number of pyridine rings is 1. The van der Waals surface area contributed by atoms with Gasteiger partial charge in [-0.2, -0.15) is 0 Å². The van der Waals surface area contributed by atoms with E-state index in [2.05, 4.69) is 4.98 Å². The molecule has 1 amide bonds. The molecule has 2 unspecified atom stereocenters. The number of carbonyl (C=O) groups is 1. The van der Waals surface area contributed by atoms with Crippen molar-refractivity contribution in [2.24, 2.45) is 5.92 Å². The summed E-state index contributed by atoms with van der Waals surface area (Å²) in [4.78, 5) is 18.5. The molecule has 1 aliphatic carbocycles. The van der Waals surface area contributed by atoms with Crippen LogP contribution < -0.4 is 0 Å². The second kappa shape index (κ2) is 5.29. The molecular weight excluding hydrogens is 283 g/mol. The Kier molecular flexibility index (Phi) is 3.68. The fourth-order valence-electron chi connectivity index (χ4n) is 3.38. The van der Waals surface area contributed by atoms with Crippen LogP contribution >= 0.6 is 23.2 Å². The van der Waals surface area contributed by atoms with Gasteiger partial charge >= 0.3 is 0 Å². The highest BCUT2D eigenvalue weighted by atomic mass is 35.5. The van der Waals surface area contributed by atoms with Crippen LogP contribution in [-0.4, -0.2) is 28.4 Å². The third-order valence-electron chi connectivity index (χ3n) is 4.32. The maximum Gasteiger partial charge on any atom is 0.257 e. The standard InChI is InChI=1S/C14H16Cl2N2O/c15-12-6-5-10(13(16)17-12)14(19)18-8-7-9-3-1-2-4-11(9)18/h5-6,9,11H,1-4,7-8H2. The van der Waals surface area contributed by atoms with Gasteiger partial charge in [-0.25, -0.2) is 4.98 Å². The van der Waals surface area contributed by atoms with Gasteiger partial charge in [0.25, 0.3) is 5.91 Å². The van der Waals surface area contributed by atoms with E-state index in [0.29, 0.717) is 22.7 Å². The molecule has 1 aliphatic heterocycles. The summed E-state index contributed by atoms with van der Waals surface area (Å²) in [6.45, 7) is 0.840. The van der Waals surface area contributed by atoms with Gasteiger partial charge in [0.2, 0.25) is 0 Å². The third kappa shape index (κ3) is 2.46. The van der Waals surface area contributed by atoms with E-state index in [-0.39, 0.29) is 11.1 Å². The molecule has 1 aromatic heterocycles. The van der Waals surface area contributed by atoms with Crippen LogP contribution in [0.3, 0.4) is 0 Å². The first-order valence-corrected chi connectivity index (χ1v) is 7.55. The fourth-order valence-corrected chi connectivity index (χ4v) is 3.81. The summed E-state index contributed by atoms with van der Waals surface area (Å²) < 4.78 is 0. The Morgan fingerprint density at radius 3 is 2.79 bits per heavy atom. The topological polar surface area (TPSA) is 33.2 Å². The molecule has 1 saturated heterocycles. The van der Waals surface area contributed by atoms with Crippen LogP contribution in [0.5, 0.6) is 0 Å². The van der Waals surface area contributed by atoms with Crippen molar-refractivity contribution in [1.29, 1.82) is 0 Å². The number of hydrogen-bond acceptors (Lipinski definition) is 2. The Balaban J connectivity index is 1.83. The number of rotatable bonds is 1. The first kappa shape index (κ1) is 13.2. The van der Waals surface area contributed by atoms with Crippen molar-refractivity contribution < 1.29 is 4.79 Å². The van der Waals surface area contributed by atoms with Crippen molar-refractivity contribution in [3.05, 3.63) is 28.0 Å². The summed E-state index contributed by atoms with van der Waals surface area (Å²) in [5.41, 5.74) is 0.470. The number of hydrogen-bond donors (Lipinski definition) is 0. The van der Waals surface area contributed by atoms with Gasteiger partial charge in [-0.1, -0.05) is 36.0 Å².